The molecule has 0 radical (unpaired) electrons. The Morgan fingerprint density at radius 3 is 2.37 bits per heavy atom. The van der Waals surface area contributed by atoms with Gasteiger partial charge in [-0.1, -0.05) is 55.2 Å². The van der Waals surface area contributed by atoms with Crippen molar-refractivity contribution in [1.82, 2.24) is 24.8 Å². The SMILES string of the molecule is Cn1cc(-c2cccc(CCOCCCN(CCN(CCc3ccc(OC(=O)OC(C)(C)C)c4c3OCC(=O)N4)C(=O)OC(C)(C)C)C3CCCCCC3)c2)nn1. The molecule has 1 aliphatic heterocycles. The van der Waals surface area contributed by atoms with Gasteiger partial charge in [0.05, 0.1) is 12.8 Å². The molecule has 3 aromatic rings. The summed E-state index contributed by atoms with van der Waals surface area (Å²) in [6, 6.07) is 12.2. The first-order chi connectivity index (χ1) is 27.1. The van der Waals surface area contributed by atoms with Gasteiger partial charge in [0.15, 0.2) is 18.1 Å². The first-order valence-corrected chi connectivity index (χ1v) is 20.4. The largest absolute Gasteiger partial charge is 0.514 e. The fourth-order valence-corrected chi connectivity index (χ4v) is 7.10. The summed E-state index contributed by atoms with van der Waals surface area (Å²) >= 11 is 0. The molecule has 2 heterocycles. The molecule has 312 valence electrons. The second kappa shape index (κ2) is 20.1. The van der Waals surface area contributed by atoms with E-state index >= 15 is 0 Å². The van der Waals surface area contributed by atoms with E-state index in [-0.39, 0.29) is 30.0 Å². The van der Waals surface area contributed by atoms with E-state index in [1.165, 1.54) is 31.2 Å². The van der Waals surface area contributed by atoms with Crippen molar-refractivity contribution in [1.29, 1.82) is 0 Å². The molecule has 0 atom stereocenters. The van der Waals surface area contributed by atoms with Crippen molar-refractivity contribution >= 4 is 23.8 Å². The Morgan fingerprint density at radius 2 is 1.67 bits per heavy atom. The highest BCUT2D eigenvalue weighted by Crippen LogP contribution is 2.40. The number of aromatic nitrogens is 3. The minimum atomic E-state index is -0.890. The maximum atomic E-state index is 13.7. The van der Waals surface area contributed by atoms with Crippen LogP contribution in [0.4, 0.5) is 15.3 Å². The molecule has 2 aromatic carbocycles. The minimum absolute atomic E-state index is 0.121. The van der Waals surface area contributed by atoms with Crippen LogP contribution in [0.5, 0.6) is 11.5 Å². The lowest BCUT2D eigenvalue weighted by Gasteiger charge is -2.34. The van der Waals surface area contributed by atoms with Crippen molar-refractivity contribution in [2.45, 2.75) is 117 Å². The molecule has 1 N–H and O–H groups in total. The quantitative estimate of drug-likeness (QED) is 0.0663. The van der Waals surface area contributed by atoms with Gasteiger partial charge in [-0.3, -0.25) is 14.4 Å². The summed E-state index contributed by atoms with van der Waals surface area (Å²) in [5, 5.41) is 11.1. The molecular formula is C43H62N6O8. The van der Waals surface area contributed by atoms with Gasteiger partial charge in [-0.25, -0.2) is 9.59 Å². The molecule has 0 saturated heterocycles. The predicted molar refractivity (Wildman–Crippen MR) is 218 cm³/mol. The van der Waals surface area contributed by atoms with E-state index in [0.29, 0.717) is 51.1 Å². The molecule has 0 bridgehead atoms. The van der Waals surface area contributed by atoms with E-state index in [1.807, 2.05) is 46.1 Å². The molecule has 2 amide bonds. The van der Waals surface area contributed by atoms with Crippen molar-refractivity contribution in [3.63, 3.8) is 0 Å². The van der Waals surface area contributed by atoms with E-state index in [9.17, 15) is 14.4 Å². The smallest absolute Gasteiger partial charge is 0.481 e. The van der Waals surface area contributed by atoms with E-state index in [4.69, 9.17) is 23.7 Å². The highest BCUT2D eigenvalue weighted by Gasteiger charge is 2.29. The molecule has 0 spiro atoms. The van der Waals surface area contributed by atoms with Crippen LogP contribution in [0.3, 0.4) is 0 Å². The van der Waals surface area contributed by atoms with Gasteiger partial charge in [0.2, 0.25) is 0 Å². The van der Waals surface area contributed by atoms with Crippen LogP contribution in [-0.2, 0) is 38.9 Å². The van der Waals surface area contributed by atoms with E-state index in [1.54, 1.807) is 42.5 Å². The number of nitrogens with zero attached hydrogens (tertiary/aromatic N) is 5. The zero-order valence-electron chi connectivity index (χ0n) is 34.9. The summed E-state index contributed by atoms with van der Waals surface area (Å²) in [6.07, 6.45) is 9.95. The van der Waals surface area contributed by atoms with E-state index in [0.717, 1.165) is 49.0 Å². The zero-order chi connectivity index (χ0) is 41.0. The number of hydrogen-bond donors (Lipinski definition) is 1. The van der Waals surface area contributed by atoms with E-state index in [2.05, 4.69) is 32.7 Å². The van der Waals surface area contributed by atoms with Crippen LogP contribution in [0, 0.1) is 0 Å². The number of anilines is 1. The topological polar surface area (TPSA) is 147 Å². The van der Waals surface area contributed by atoms with E-state index < -0.39 is 17.4 Å². The minimum Gasteiger partial charge on any atom is -0.481 e. The molecule has 14 nitrogen and oxygen atoms in total. The number of hydrogen-bond acceptors (Lipinski definition) is 11. The first kappa shape index (κ1) is 43.4. The average molecular weight is 791 g/mol. The Morgan fingerprint density at radius 1 is 0.912 bits per heavy atom. The molecule has 57 heavy (non-hydrogen) atoms. The van der Waals surface area contributed by atoms with Crippen LogP contribution in [0.25, 0.3) is 11.3 Å². The molecule has 1 aromatic heterocycles. The molecule has 1 saturated carbocycles. The van der Waals surface area contributed by atoms with Crippen molar-refractivity contribution in [3.8, 4) is 22.8 Å². The highest BCUT2D eigenvalue weighted by atomic mass is 16.7. The van der Waals surface area contributed by atoms with Crippen LogP contribution in [0.2, 0.25) is 0 Å². The number of carbonyl (C=O) groups is 3. The number of nitrogens with one attached hydrogen (secondary N) is 1. The number of benzene rings is 2. The lowest BCUT2D eigenvalue weighted by Crippen LogP contribution is -2.45. The van der Waals surface area contributed by atoms with Crippen molar-refractivity contribution in [2.75, 3.05) is 51.3 Å². The Kier molecular flexibility index (Phi) is 15.3. The second-order valence-electron chi connectivity index (χ2n) is 16.9. The third-order valence-corrected chi connectivity index (χ3v) is 9.79. The van der Waals surface area contributed by atoms with Crippen molar-refractivity contribution in [2.24, 2.45) is 7.05 Å². The monoisotopic (exact) mass is 790 g/mol. The lowest BCUT2D eigenvalue weighted by molar-refractivity contribution is -0.118. The van der Waals surface area contributed by atoms with Crippen molar-refractivity contribution < 1.29 is 38.1 Å². The van der Waals surface area contributed by atoms with Crippen LogP contribution in [0.15, 0.2) is 42.6 Å². The van der Waals surface area contributed by atoms with Gasteiger partial charge in [-0.2, -0.15) is 0 Å². The lowest BCUT2D eigenvalue weighted by atomic mass is 10.1. The van der Waals surface area contributed by atoms with Crippen LogP contribution < -0.4 is 14.8 Å². The zero-order valence-corrected chi connectivity index (χ0v) is 34.9. The second-order valence-corrected chi connectivity index (χ2v) is 16.9. The van der Waals surface area contributed by atoms with Gasteiger partial charge in [-0.05, 0) is 96.9 Å². The predicted octanol–water partition coefficient (Wildman–Crippen LogP) is 7.58. The first-order valence-electron chi connectivity index (χ1n) is 20.4. The highest BCUT2D eigenvalue weighted by molar-refractivity contribution is 5.98. The standard InChI is InChI=1S/C43H62N6O8/c1-42(2,3)56-40(51)49(23-20-32-18-19-36(55-41(52)57-43(4,5)6)38-39(32)54-30-37(50)44-38)25-24-48(34-16-10-8-9-11-17-34)22-13-26-53-27-21-31-14-12-15-33(28-31)35-29-47(7)46-45-35/h12,14-15,18-19,28-29,34H,8-11,13,16-17,20-27,30H2,1-7H3,(H,44,50). The van der Waals surface area contributed by atoms with Crippen LogP contribution in [0.1, 0.15) is 97.6 Å². The summed E-state index contributed by atoms with van der Waals surface area (Å²) in [4.78, 5) is 42.8. The summed E-state index contributed by atoms with van der Waals surface area (Å²) < 4.78 is 30.4. The van der Waals surface area contributed by atoms with Gasteiger partial charge < -0.3 is 33.9 Å². The fraction of sp³-hybridized carbons (Fsp3) is 0.605. The summed E-state index contributed by atoms with van der Waals surface area (Å²) in [5.74, 6) is 0.158. The van der Waals surface area contributed by atoms with Gasteiger partial charge >= 0.3 is 12.2 Å². The molecule has 1 fully saturated rings. The van der Waals surface area contributed by atoms with Gasteiger partial charge in [-0.15, -0.1) is 5.10 Å². The van der Waals surface area contributed by atoms with Crippen molar-refractivity contribution in [3.05, 3.63) is 53.7 Å². The van der Waals surface area contributed by atoms with Gasteiger partial charge in [0, 0.05) is 51.4 Å². The van der Waals surface area contributed by atoms with Crippen LogP contribution >= 0.6 is 0 Å². The van der Waals surface area contributed by atoms with Crippen LogP contribution in [-0.4, -0.2) is 106 Å². The number of ether oxygens (including phenoxy) is 5. The van der Waals surface area contributed by atoms with Gasteiger partial charge in [0.1, 0.15) is 22.6 Å². The number of amides is 2. The summed E-state index contributed by atoms with van der Waals surface area (Å²) in [5.41, 5.74) is 2.69. The Balaban J connectivity index is 1.21. The third kappa shape index (κ3) is 14.0. The average Bonchev–Trinajstić information content (AvgIpc) is 3.39. The number of rotatable bonds is 16. The summed E-state index contributed by atoms with van der Waals surface area (Å²) in [6.45, 7) is 14.3. The molecular weight excluding hydrogens is 729 g/mol. The Bertz CT molecular complexity index is 1790. The maximum absolute atomic E-state index is 13.7. The third-order valence-electron chi connectivity index (χ3n) is 9.79. The number of aryl methyl sites for hydroxylation is 1. The Labute approximate surface area is 337 Å². The molecule has 0 unspecified atom stereocenters. The Hall–Kier alpha value is -4.69. The molecule has 5 rings (SSSR count). The summed E-state index contributed by atoms with van der Waals surface area (Å²) in [7, 11) is 1.86. The number of carbonyl (C=O) groups excluding carboxylic acids is 3. The maximum Gasteiger partial charge on any atom is 0.514 e. The molecule has 2 aliphatic rings. The fourth-order valence-electron chi connectivity index (χ4n) is 7.10. The normalized spacial score (nSPS) is 15.0. The van der Waals surface area contributed by atoms with Gasteiger partial charge in [0.25, 0.3) is 5.91 Å². The molecule has 1 aliphatic carbocycles. The molecule has 14 heteroatoms. The number of fused-ring (bicyclic) bond motifs is 1.